The van der Waals surface area contributed by atoms with Crippen LogP contribution in [0.3, 0.4) is 0 Å². The molecule has 21 heavy (non-hydrogen) atoms. The van der Waals surface area contributed by atoms with Crippen LogP contribution >= 0.6 is 0 Å². The Morgan fingerprint density at radius 3 is 2.05 bits per heavy atom. The van der Waals surface area contributed by atoms with E-state index >= 15 is 0 Å². The van der Waals surface area contributed by atoms with Crippen molar-refractivity contribution in [1.82, 2.24) is 5.64 Å². The standard InChI is InChI=1S/C11H12F3NO5S/c1-6-4-7(2)9(8(3)5-6)21(17,18)20-15-19-10(16)11(12,13)14/h4-5,15H,1-3H3. The number of carbonyl (C=O) groups is 1. The highest BCUT2D eigenvalue weighted by Gasteiger charge is 2.42. The van der Waals surface area contributed by atoms with Gasteiger partial charge in [-0.2, -0.15) is 21.6 Å². The molecule has 0 aromatic heterocycles. The fraction of sp³-hybridized carbons (Fsp3) is 0.364. The number of hydrogen-bond donors (Lipinski definition) is 1. The molecule has 1 N–H and O–H groups in total. The molecular weight excluding hydrogens is 315 g/mol. The molecule has 0 saturated carbocycles. The van der Waals surface area contributed by atoms with Gasteiger partial charge < -0.3 is 4.84 Å². The van der Waals surface area contributed by atoms with E-state index in [0.717, 1.165) is 11.2 Å². The quantitative estimate of drug-likeness (QED) is 0.850. The molecule has 1 aromatic carbocycles. The van der Waals surface area contributed by atoms with Crippen LogP contribution in [-0.2, 0) is 24.0 Å². The van der Waals surface area contributed by atoms with E-state index in [4.69, 9.17) is 0 Å². The lowest BCUT2D eigenvalue weighted by atomic mass is 10.1. The summed E-state index contributed by atoms with van der Waals surface area (Å²) in [6, 6.07) is 3.12. The Hall–Kier alpha value is -1.65. The van der Waals surface area contributed by atoms with E-state index in [1.54, 1.807) is 19.1 Å². The molecule has 0 aliphatic rings. The third kappa shape index (κ3) is 4.41. The van der Waals surface area contributed by atoms with Crippen molar-refractivity contribution >= 4 is 16.1 Å². The van der Waals surface area contributed by atoms with Crippen molar-refractivity contribution in [2.45, 2.75) is 31.8 Å². The van der Waals surface area contributed by atoms with Gasteiger partial charge >= 0.3 is 22.3 Å². The second-order valence-electron chi connectivity index (χ2n) is 4.24. The van der Waals surface area contributed by atoms with Gasteiger partial charge in [-0.3, -0.25) is 0 Å². The summed E-state index contributed by atoms with van der Waals surface area (Å²) in [5.41, 5.74) is 2.54. The Morgan fingerprint density at radius 1 is 1.14 bits per heavy atom. The van der Waals surface area contributed by atoms with Gasteiger partial charge in [-0.15, -0.1) is 4.28 Å². The fourth-order valence-electron chi connectivity index (χ4n) is 1.76. The number of nitrogens with one attached hydrogen (secondary N) is 1. The minimum Gasteiger partial charge on any atom is -0.336 e. The third-order valence-electron chi connectivity index (χ3n) is 2.36. The molecule has 0 spiro atoms. The minimum atomic E-state index is -5.27. The lowest BCUT2D eigenvalue weighted by molar-refractivity contribution is -0.221. The molecule has 1 rings (SSSR count). The molecule has 6 nitrogen and oxygen atoms in total. The molecule has 0 saturated heterocycles. The number of aryl methyl sites for hydroxylation is 3. The van der Waals surface area contributed by atoms with E-state index in [1.807, 2.05) is 0 Å². The zero-order chi connectivity index (χ0) is 16.4. The summed E-state index contributed by atoms with van der Waals surface area (Å²) >= 11 is 0. The van der Waals surface area contributed by atoms with Crippen LogP contribution in [0.5, 0.6) is 0 Å². The first-order valence-corrected chi connectivity index (χ1v) is 6.90. The minimum absolute atomic E-state index is 0.219. The molecule has 0 unspecified atom stereocenters. The van der Waals surface area contributed by atoms with E-state index in [2.05, 4.69) is 9.12 Å². The summed E-state index contributed by atoms with van der Waals surface area (Å²) in [6.07, 6.45) is -5.27. The van der Waals surface area contributed by atoms with Crippen molar-refractivity contribution in [3.8, 4) is 0 Å². The number of rotatable bonds is 4. The molecule has 0 aliphatic carbocycles. The van der Waals surface area contributed by atoms with Crippen molar-refractivity contribution in [1.29, 1.82) is 0 Å². The van der Waals surface area contributed by atoms with E-state index in [1.165, 1.54) is 13.8 Å². The third-order valence-corrected chi connectivity index (χ3v) is 3.80. The zero-order valence-electron chi connectivity index (χ0n) is 11.2. The van der Waals surface area contributed by atoms with Gasteiger partial charge in [0.2, 0.25) is 0 Å². The summed E-state index contributed by atoms with van der Waals surface area (Å²) in [4.78, 5) is 13.6. The summed E-state index contributed by atoms with van der Waals surface area (Å²) < 4.78 is 63.3. The molecule has 1 aromatic rings. The van der Waals surface area contributed by atoms with Crippen LogP contribution in [0.25, 0.3) is 0 Å². The van der Waals surface area contributed by atoms with Gasteiger partial charge in [-0.1, -0.05) is 17.7 Å². The SMILES string of the molecule is Cc1cc(C)c(S(=O)(=O)ONOC(=O)C(F)(F)F)c(C)c1. The second kappa shape index (κ2) is 6.00. The van der Waals surface area contributed by atoms with E-state index in [0.29, 0.717) is 11.1 Å². The average molecular weight is 327 g/mol. The number of alkyl halides is 3. The zero-order valence-corrected chi connectivity index (χ0v) is 12.1. The summed E-state index contributed by atoms with van der Waals surface area (Å²) in [7, 11) is -4.44. The smallest absolute Gasteiger partial charge is 0.336 e. The summed E-state index contributed by atoms with van der Waals surface area (Å²) in [5.74, 6) is -2.63. The Bertz CT molecular complexity index is 631. The monoisotopic (exact) mass is 327 g/mol. The Morgan fingerprint density at radius 2 is 1.62 bits per heavy atom. The van der Waals surface area contributed by atoms with Gasteiger partial charge in [0.1, 0.15) is 4.90 Å². The summed E-state index contributed by atoms with van der Waals surface area (Å²) in [6.45, 7) is 4.75. The molecule has 0 fully saturated rings. The van der Waals surface area contributed by atoms with E-state index in [9.17, 15) is 26.4 Å². The van der Waals surface area contributed by atoms with Gasteiger partial charge in [-0.05, 0) is 37.5 Å². The molecule has 0 heterocycles. The van der Waals surface area contributed by atoms with E-state index < -0.39 is 22.3 Å². The second-order valence-corrected chi connectivity index (χ2v) is 5.72. The maximum Gasteiger partial charge on any atom is 0.492 e. The van der Waals surface area contributed by atoms with Crippen LogP contribution in [0, 0.1) is 20.8 Å². The fourth-order valence-corrected chi connectivity index (χ4v) is 2.87. The predicted molar refractivity (Wildman–Crippen MR) is 64.2 cm³/mol. The van der Waals surface area contributed by atoms with Crippen LogP contribution in [0.15, 0.2) is 17.0 Å². The molecule has 0 aliphatic heterocycles. The number of hydrogen-bond acceptors (Lipinski definition) is 6. The Kier molecular flexibility index (Phi) is 4.97. The van der Waals surface area contributed by atoms with Gasteiger partial charge in [0, 0.05) is 0 Å². The molecule has 0 bridgehead atoms. The number of benzene rings is 1. The van der Waals surface area contributed by atoms with Crippen molar-refractivity contribution in [2.75, 3.05) is 0 Å². The maximum absolute atomic E-state index is 11.9. The first-order chi connectivity index (χ1) is 9.45. The Labute approximate surface area is 118 Å². The van der Waals surface area contributed by atoms with Crippen LogP contribution in [0.2, 0.25) is 0 Å². The predicted octanol–water partition coefficient (Wildman–Crippen LogP) is 1.84. The first-order valence-electron chi connectivity index (χ1n) is 5.49. The summed E-state index contributed by atoms with van der Waals surface area (Å²) in [5, 5.41) is 0. The van der Waals surface area contributed by atoms with Crippen LogP contribution in [-0.4, -0.2) is 20.6 Å². The average Bonchev–Trinajstić information content (AvgIpc) is 2.24. The molecule has 0 amide bonds. The highest BCUT2D eigenvalue weighted by atomic mass is 32.2. The lowest BCUT2D eigenvalue weighted by Gasteiger charge is -2.12. The normalized spacial score (nSPS) is 12.3. The van der Waals surface area contributed by atoms with Crippen LogP contribution in [0.1, 0.15) is 16.7 Å². The Balaban J connectivity index is 2.87. The number of halogens is 3. The van der Waals surface area contributed by atoms with Crippen molar-refractivity contribution in [2.24, 2.45) is 0 Å². The maximum atomic E-state index is 11.9. The highest BCUT2D eigenvalue weighted by molar-refractivity contribution is 7.86. The largest absolute Gasteiger partial charge is 0.492 e. The molecule has 118 valence electrons. The van der Waals surface area contributed by atoms with Crippen LogP contribution < -0.4 is 5.64 Å². The van der Waals surface area contributed by atoms with Crippen molar-refractivity contribution in [3.05, 3.63) is 28.8 Å². The lowest BCUT2D eigenvalue weighted by Crippen LogP contribution is -2.33. The highest BCUT2D eigenvalue weighted by Crippen LogP contribution is 2.23. The molecule has 10 heteroatoms. The van der Waals surface area contributed by atoms with Gasteiger partial charge in [0.15, 0.2) is 0 Å². The first kappa shape index (κ1) is 17.4. The molecule has 0 radical (unpaired) electrons. The molecule has 0 atom stereocenters. The van der Waals surface area contributed by atoms with Gasteiger partial charge in [-0.25, -0.2) is 4.79 Å². The van der Waals surface area contributed by atoms with Gasteiger partial charge in [0.05, 0.1) is 0 Å². The molecular formula is C11H12F3NO5S. The van der Waals surface area contributed by atoms with E-state index in [-0.39, 0.29) is 4.90 Å². The van der Waals surface area contributed by atoms with Crippen molar-refractivity contribution in [3.63, 3.8) is 0 Å². The number of carbonyl (C=O) groups excluding carboxylic acids is 1. The van der Waals surface area contributed by atoms with Crippen LogP contribution in [0.4, 0.5) is 13.2 Å². The topological polar surface area (TPSA) is 81.7 Å². The van der Waals surface area contributed by atoms with Gasteiger partial charge in [0.25, 0.3) is 0 Å². The van der Waals surface area contributed by atoms with Crippen molar-refractivity contribution < 1.29 is 35.5 Å².